The van der Waals surface area contributed by atoms with Crippen molar-refractivity contribution in [2.24, 2.45) is 0 Å². The van der Waals surface area contributed by atoms with E-state index in [1.807, 2.05) is 0 Å². The zero-order chi connectivity index (χ0) is 14.0. The summed E-state index contributed by atoms with van der Waals surface area (Å²) in [5.41, 5.74) is 0.493. The molecule has 1 aromatic rings. The topological polar surface area (TPSA) is 40.6 Å². The number of benzene rings is 1. The van der Waals surface area contributed by atoms with Gasteiger partial charge in [-0.25, -0.2) is 0 Å². The van der Waals surface area contributed by atoms with Crippen molar-refractivity contribution in [2.45, 2.75) is 6.92 Å². The van der Waals surface area contributed by atoms with E-state index in [9.17, 15) is 9.59 Å². The van der Waals surface area contributed by atoms with Crippen LogP contribution in [0.3, 0.4) is 0 Å². The standard InChI is InChI=1S/C13H14BrClN2O2/c1-9(18)16-5-7-17(8-6-16)13(19)10-3-2-4-11(14)12(10)15/h2-4H,5-8H2,1H3. The number of rotatable bonds is 1. The highest BCUT2D eigenvalue weighted by molar-refractivity contribution is 9.10. The minimum atomic E-state index is -0.0884. The molecule has 0 N–H and O–H groups in total. The van der Waals surface area contributed by atoms with Crippen LogP contribution in [0.2, 0.25) is 5.02 Å². The maximum absolute atomic E-state index is 12.4. The second-order valence-corrected chi connectivity index (χ2v) is 5.63. The fourth-order valence-corrected chi connectivity index (χ4v) is 2.64. The summed E-state index contributed by atoms with van der Waals surface area (Å²) >= 11 is 9.44. The van der Waals surface area contributed by atoms with Crippen molar-refractivity contribution in [2.75, 3.05) is 26.2 Å². The minimum Gasteiger partial charge on any atom is -0.339 e. The molecule has 1 saturated heterocycles. The first-order valence-corrected chi connectivity index (χ1v) is 7.16. The van der Waals surface area contributed by atoms with Gasteiger partial charge in [-0.2, -0.15) is 0 Å². The third-order valence-corrected chi connectivity index (χ3v) is 4.49. The van der Waals surface area contributed by atoms with E-state index < -0.39 is 0 Å². The second-order valence-electron chi connectivity index (χ2n) is 4.40. The molecule has 0 aromatic heterocycles. The molecular weight excluding hydrogens is 332 g/mol. The lowest BCUT2D eigenvalue weighted by atomic mass is 10.2. The molecule has 4 nitrogen and oxygen atoms in total. The van der Waals surface area contributed by atoms with Gasteiger partial charge in [-0.1, -0.05) is 17.7 Å². The molecule has 1 fully saturated rings. The van der Waals surface area contributed by atoms with Gasteiger partial charge in [-0.15, -0.1) is 0 Å². The summed E-state index contributed by atoms with van der Waals surface area (Å²) in [6.07, 6.45) is 0. The number of piperazine rings is 1. The molecule has 2 rings (SSSR count). The zero-order valence-corrected chi connectivity index (χ0v) is 12.9. The lowest BCUT2D eigenvalue weighted by Gasteiger charge is -2.34. The smallest absolute Gasteiger partial charge is 0.255 e. The van der Waals surface area contributed by atoms with E-state index >= 15 is 0 Å². The van der Waals surface area contributed by atoms with Gasteiger partial charge in [0.1, 0.15) is 0 Å². The van der Waals surface area contributed by atoms with E-state index in [1.54, 1.807) is 34.9 Å². The molecule has 1 aromatic carbocycles. The molecule has 0 saturated carbocycles. The first-order chi connectivity index (χ1) is 9.00. The van der Waals surface area contributed by atoms with Crippen LogP contribution in [0.1, 0.15) is 17.3 Å². The van der Waals surface area contributed by atoms with Crippen molar-refractivity contribution in [1.82, 2.24) is 9.80 Å². The highest BCUT2D eigenvalue weighted by Crippen LogP contribution is 2.27. The Morgan fingerprint density at radius 1 is 1.16 bits per heavy atom. The fourth-order valence-electron chi connectivity index (χ4n) is 2.06. The Morgan fingerprint density at radius 2 is 1.74 bits per heavy atom. The van der Waals surface area contributed by atoms with Gasteiger partial charge in [-0.3, -0.25) is 9.59 Å². The molecular formula is C13H14BrClN2O2. The van der Waals surface area contributed by atoms with Gasteiger partial charge < -0.3 is 9.80 Å². The van der Waals surface area contributed by atoms with Crippen LogP contribution < -0.4 is 0 Å². The molecule has 0 unspecified atom stereocenters. The van der Waals surface area contributed by atoms with Crippen LogP contribution >= 0.6 is 27.5 Å². The maximum Gasteiger partial charge on any atom is 0.255 e. The molecule has 19 heavy (non-hydrogen) atoms. The van der Waals surface area contributed by atoms with E-state index in [2.05, 4.69) is 15.9 Å². The SMILES string of the molecule is CC(=O)N1CCN(C(=O)c2cccc(Br)c2Cl)CC1. The summed E-state index contributed by atoms with van der Waals surface area (Å²) in [6, 6.07) is 5.30. The molecule has 0 spiro atoms. The Labute approximate surface area is 125 Å². The van der Waals surface area contributed by atoms with Gasteiger partial charge in [0.05, 0.1) is 10.6 Å². The molecule has 1 aliphatic heterocycles. The predicted molar refractivity (Wildman–Crippen MR) is 77.3 cm³/mol. The van der Waals surface area contributed by atoms with Gasteiger partial charge >= 0.3 is 0 Å². The monoisotopic (exact) mass is 344 g/mol. The Bertz CT molecular complexity index is 513. The summed E-state index contributed by atoms with van der Waals surface area (Å²) < 4.78 is 0.711. The third kappa shape index (κ3) is 3.09. The van der Waals surface area contributed by atoms with Gasteiger partial charge in [0, 0.05) is 37.6 Å². The lowest BCUT2D eigenvalue weighted by Crippen LogP contribution is -2.50. The van der Waals surface area contributed by atoms with Crippen molar-refractivity contribution in [3.05, 3.63) is 33.3 Å². The molecule has 1 aliphatic rings. The van der Waals surface area contributed by atoms with Gasteiger partial charge in [-0.05, 0) is 28.1 Å². The van der Waals surface area contributed by atoms with E-state index in [0.717, 1.165) is 0 Å². The third-order valence-electron chi connectivity index (χ3n) is 3.19. The van der Waals surface area contributed by atoms with Crippen LogP contribution in [0.4, 0.5) is 0 Å². The second kappa shape index (κ2) is 5.92. The average molecular weight is 346 g/mol. The molecule has 6 heteroatoms. The molecule has 0 radical (unpaired) electrons. The maximum atomic E-state index is 12.4. The summed E-state index contributed by atoms with van der Waals surface area (Å²) in [5, 5.41) is 0.432. The number of carbonyl (C=O) groups excluding carboxylic acids is 2. The van der Waals surface area contributed by atoms with Crippen molar-refractivity contribution >= 4 is 39.3 Å². The Balaban J connectivity index is 2.09. The average Bonchev–Trinajstić information content (AvgIpc) is 2.41. The Morgan fingerprint density at radius 3 is 2.32 bits per heavy atom. The first kappa shape index (κ1) is 14.3. The summed E-state index contributed by atoms with van der Waals surface area (Å²) in [4.78, 5) is 27.1. The van der Waals surface area contributed by atoms with E-state index in [0.29, 0.717) is 41.2 Å². The summed E-state index contributed by atoms with van der Waals surface area (Å²) in [5.74, 6) is -0.0397. The molecule has 2 amide bonds. The van der Waals surface area contributed by atoms with Crippen molar-refractivity contribution in [1.29, 1.82) is 0 Å². The number of halogens is 2. The highest BCUT2D eigenvalue weighted by Gasteiger charge is 2.24. The van der Waals surface area contributed by atoms with E-state index in [4.69, 9.17) is 11.6 Å². The predicted octanol–water partition coefficient (Wildman–Crippen LogP) is 2.41. The highest BCUT2D eigenvalue weighted by atomic mass is 79.9. The van der Waals surface area contributed by atoms with Crippen LogP contribution in [0.15, 0.2) is 22.7 Å². The molecule has 0 aliphatic carbocycles. The fraction of sp³-hybridized carbons (Fsp3) is 0.385. The molecule has 102 valence electrons. The van der Waals surface area contributed by atoms with Crippen LogP contribution in [0.25, 0.3) is 0 Å². The zero-order valence-electron chi connectivity index (χ0n) is 10.5. The van der Waals surface area contributed by atoms with Gasteiger partial charge in [0.2, 0.25) is 5.91 Å². The van der Waals surface area contributed by atoms with Crippen LogP contribution in [0.5, 0.6) is 0 Å². The lowest BCUT2D eigenvalue weighted by molar-refractivity contribution is -0.130. The quantitative estimate of drug-likeness (QED) is 0.784. The molecule has 0 atom stereocenters. The molecule has 0 bridgehead atoms. The van der Waals surface area contributed by atoms with E-state index in [-0.39, 0.29) is 11.8 Å². The van der Waals surface area contributed by atoms with Crippen molar-refractivity contribution in [3.8, 4) is 0 Å². The van der Waals surface area contributed by atoms with Crippen LogP contribution in [0, 0.1) is 0 Å². The molecule has 1 heterocycles. The van der Waals surface area contributed by atoms with Crippen molar-refractivity contribution in [3.63, 3.8) is 0 Å². The number of amides is 2. The van der Waals surface area contributed by atoms with E-state index in [1.165, 1.54) is 0 Å². The summed E-state index contributed by atoms with van der Waals surface area (Å²) in [6.45, 7) is 3.78. The Hall–Kier alpha value is -1.07. The normalized spacial score (nSPS) is 15.5. The summed E-state index contributed by atoms with van der Waals surface area (Å²) in [7, 11) is 0. The van der Waals surface area contributed by atoms with Crippen molar-refractivity contribution < 1.29 is 9.59 Å². The van der Waals surface area contributed by atoms with Gasteiger partial charge in [0.15, 0.2) is 0 Å². The largest absolute Gasteiger partial charge is 0.339 e. The number of nitrogens with zero attached hydrogens (tertiary/aromatic N) is 2. The first-order valence-electron chi connectivity index (χ1n) is 5.99. The number of hydrogen-bond acceptors (Lipinski definition) is 2. The van der Waals surface area contributed by atoms with Gasteiger partial charge in [0.25, 0.3) is 5.91 Å². The van der Waals surface area contributed by atoms with Crippen LogP contribution in [-0.2, 0) is 4.79 Å². The Kier molecular flexibility index (Phi) is 4.47. The minimum absolute atomic E-state index is 0.0487. The van der Waals surface area contributed by atoms with Crippen LogP contribution in [-0.4, -0.2) is 47.8 Å². The number of hydrogen-bond donors (Lipinski definition) is 0. The number of carbonyl (C=O) groups is 2.